The molecule has 0 fully saturated rings. The first-order chi connectivity index (χ1) is 14.3. The van der Waals surface area contributed by atoms with Gasteiger partial charge in [-0.1, -0.05) is 84.4 Å². The van der Waals surface area contributed by atoms with Gasteiger partial charge in [0.1, 0.15) is 0 Å². The van der Waals surface area contributed by atoms with Crippen molar-refractivity contribution in [2.24, 2.45) is 0 Å². The third kappa shape index (κ3) is 3.48. The molecule has 3 nitrogen and oxygen atoms in total. The predicted molar refractivity (Wildman–Crippen MR) is 119 cm³/mol. The highest BCUT2D eigenvalue weighted by Crippen LogP contribution is 2.29. The van der Waals surface area contributed by atoms with Crippen LogP contribution in [-0.4, -0.2) is 15.0 Å². The molecule has 0 unspecified atom stereocenters. The Hall–Kier alpha value is -3.56. The van der Waals surface area contributed by atoms with Crippen LogP contribution in [0.3, 0.4) is 0 Å². The average Bonchev–Trinajstić information content (AvgIpc) is 2.79. The van der Waals surface area contributed by atoms with Crippen LogP contribution < -0.4 is 0 Å². The lowest BCUT2D eigenvalue weighted by Crippen LogP contribution is -2.00. The van der Waals surface area contributed by atoms with Gasteiger partial charge in [0.2, 0.25) is 0 Å². The number of rotatable bonds is 3. The molecule has 4 aromatic carbocycles. The van der Waals surface area contributed by atoms with E-state index in [-0.39, 0.29) is 0 Å². The summed E-state index contributed by atoms with van der Waals surface area (Å²) in [5.41, 5.74) is 2.83. The van der Waals surface area contributed by atoms with E-state index >= 15 is 0 Å². The smallest absolute Gasteiger partial charge is 0.164 e. The summed E-state index contributed by atoms with van der Waals surface area (Å²) >= 11 is 6.07. The van der Waals surface area contributed by atoms with Crippen LogP contribution in [0.5, 0.6) is 0 Å². The zero-order valence-electron chi connectivity index (χ0n) is 15.5. The minimum absolute atomic E-state index is 0.624. The molecule has 1 aromatic heterocycles. The second-order valence-electron chi connectivity index (χ2n) is 6.71. The monoisotopic (exact) mass is 393 g/mol. The molecule has 5 aromatic rings. The molecule has 1 heterocycles. The molecule has 0 bridgehead atoms. The molecule has 5 rings (SSSR count). The van der Waals surface area contributed by atoms with E-state index in [0.29, 0.717) is 22.5 Å². The SMILES string of the molecule is Clc1ccc(-c2nc(-c3ccccc3)nc(-c3cccc4ccccc34)n2)cc1. The zero-order chi connectivity index (χ0) is 19.6. The lowest BCUT2D eigenvalue weighted by molar-refractivity contribution is 1.08. The Morgan fingerprint density at radius 3 is 1.83 bits per heavy atom. The molecule has 0 N–H and O–H groups in total. The molecule has 0 radical (unpaired) electrons. The predicted octanol–water partition coefficient (Wildman–Crippen LogP) is 6.68. The first-order valence-electron chi connectivity index (χ1n) is 9.33. The van der Waals surface area contributed by atoms with E-state index in [2.05, 4.69) is 24.3 Å². The highest BCUT2D eigenvalue weighted by molar-refractivity contribution is 6.30. The van der Waals surface area contributed by atoms with Gasteiger partial charge in [-0.2, -0.15) is 0 Å². The first kappa shape index (κ1) is 17.5. The van der Waals surface area contributed by atoms with Crippen molar-refractivity contribution >= 4 is 22.4 Å². The zero-order valence-corrected chi connectivity index (χ0v) is 16.2. The molecule has 138 valence electrons. The average molecular weight is 394 g/mol. The van der Waals surface area contributed by atoms with E-state index in [1.165, 1.54) is 0 Å². The van der Waals surface area contributed by atoms with Gasteiger partial charge < -0.3 is 0 Å². The van der Waals surface area contributed by atoms with E-state index in [9.17, 15) is 0 Å². The normalized spacial score (nSPS) is 10.9. The Morgan fingerprint density at radius 2 is 1.07 bits per heavy atom. The minimum atomic E-state index is 0.624. The molecule has 29 heavy (non-hydrogen) atoms. The van der Waals surface area contributed by atoms with E-state index in [0.717, 1.165) is 27.5 Å². The maximum absolute atomic E-state index is 6.07. The number of nitrogens with zero attached hydrogens (tertiary/aromatic N) is 3. The largest absolute Gasteiger partial charge is 0.208 e. The molecule has 0 amide bonds. The topological polar surface area (TPSA) is 38.7 Å². The van der Waals surface area contributed by atoms with Gasteiger partial charge in [-0.15, -0.1) is 0 Å². The summed E-state index contributed by atoms with van der Waals surface area (Å²) in [7, 11) is 0. The van der Waals surface area contributed by atoms with Crippen LogP contribution in [0.1, 0.15) is 0 Å². The van der Waals surface area contributed by atoms with Gasteiger partial charge in [-0.25, -0.2) is 15.0 Å². The molecular weight excluding hydrogens is 378 g/mol. The van der Waals surface area contributed by atoms with Crippen molar-refractivity contribution in [3.63, 3.8) is 0 Å². The number of halogens is 1. The Balaban J connectivity index is 1.76. The summed E-state index contributed by atoms with van der Waals surface area (Å²) in [6, 6.07) is 32.0. The molecule has 0 saturated heterocycles. The van der Waals surface area contributed by atoms with E-state index in [1.54, 1.807) is 0 Å². The Kier molecular flexibility index (Phi) is 4.51. The Labute approximate surface area is 173 Å². The lowest BCUT2D eigenvalue weighted by Gasteiger charge is -2.10. The fourth-order valence-corrected chi connectivity index (χ4v) is 3.49. The molecule has 0 aliphatic rings. The fraction of sp³-hybridized carbons (Fsp3) is 0. The maximum Gasteiger partial charge on any atom is 0.164 e. The van der Waals surface area contributed by atoms with Crippen molar-refractivity contribution in [1.29, 1.82) is 0 Å². The van der Waals surface area contributed by atoms with Crippen LogP contribution >= 0.6 is 11.6 Å². The fourth-order valence-electron chi connectivity index (χ4n) is 3.36. The summed E-state index contributed by atoms with van der Waals surface area (Å²) in [6.07, 6.45) is 0. The number of fused-ring (bicyclic) bond motifs is 1. The summed E-state index contributed by atoms with van der Waals surface area (Å²) in [4.78, 5) is 14.4. The summed E-state index contributed by atoms with van der Waals surface area (Å²) in [5, 5.41) is 2.95. The van der Waals surface area contributed by atoms with Crippen LogP contribution in [0.4, 0.5) is 0 Å². The highest BCUT2D eigenvalue weighted by Gasteiger charge is 2.13. The second kappa shape index (κ2) is 7.46. The molecule has 4 heteroatoms. The van der Waals surface area contributed by atoms with Crippen molar-refractivity contribution < 1.29 is 0 Å². The molecule has 0 aliphatic heterocycles. The standard InChI is InChI=1S/C25H16ClN3/c26-20-15-13-19(14-16-20)24-27-23(18-8-2-1-3-9-18)28-25(29-24)22-12-6-10-17-7-4-5-11-21(17)22/h1-16H. The van der Waals surface area contributed by atoms with Crippen LogP contribution in [0.15, 0.2) is 97.1 Å². The number of hydrogen-bond donors (Lipinski definition) is 0. The Bertz CT molecular complexity index is 1290. The van der Waals surface area contributed by atoms with Gasteiger partial charge in [-0.3, -0.25) is 0 Å². The molecular formula is C25H16ClN3. The van der Waals surface area contributed by atoms with Crippen molar-refractivity contribution in [3.05, 3.63) is 102 Å². The van der Waals surface area contributed by atoms with Crippen LogP contribution in [0.2, 0.25) is 5.02 Å². The van der Waals surface area contributed by atoms with Gasteiger partial charge in [0.25, 0.3) is 0 Å². The van der Waals surface area contributed by atoms with Crippen molar-refractivity contribution in [2.75, 3.05) is 0 Å². The van der Waals surface area contributed by atoms with E-state index in [1.807, 2.05) is 72.8 Å². The first-order valence-corrected chi connectivity index (χ1v) is 9.71. The number of aromatic nitrogens is 3. The lowest BCUT2D eigenvalue weighted by atomic mass is 10.0. The molecule has 0 spiro atoms. The van der Waals surface area contributed by atoms with Crippen LogP contribution in [0.25, 0.3) is 44.9 Å². The summed E-state index contributed by atoms with van der Waals surface area (Å²) in [6.45, 7) is 0. The maximum atomic E-state index is 6.07. The quantitative estimate of drug-likeness (QED) is 0.343. The molecule has 0 atom stereocenters. The van der Waals surface area contributed by atoms with Gasteiger partial charge in [0.15, 0.2) is 17.5 Å². The van der Waals surface area contributed by atoms with Gasteiger partial charge >= 0.3 is 0 Å². The summed E-state index contributed by atoms with van der Waals surface area (Å²) < 4.78 is 0. The second-order valence-corrected chi connectivity index (χ2v) is 7.14. The summed E-state index contributed by atoms with van der Waals surface area (Å²) in [5.74, 6) is 1.92. The highest BCUT2D eigenvalue weighted by atomic mass is 35.5. The van der Waals surface area contributed by atoms with Gasteiger partial charge in [0, 0.05) is 21.7 Å². The van der Waals surface area contributed by atoms with Crippen molar-refractivity contribution in [2.45, 2.75) is 0 Å². The van der Waals surface area contributed by atoms with Crippen molar-refractivity contribution in [1.82, 2.24) is 15.0 Å². The Morgan fingerprint density at radius 1 is 0.483 bits per heavy atom. The molecule has 0 saturated carbocycles. The molecule has 0 aliphatic carbocycles. The number of hydrogen-bond acceptors (Lipinski definition) is 3. The van der Waals surface area contributed by atoms with E-state index < -0.39 is 0 Å². The third-order valence-electron chi connectivity index (χ3n) is 4.80. The third-order valence-corrected chi connectivity index (χ3v) is 5.05. The van der Waals surface area contributed by atoms with Crippen molar-refractivity contribution in [3.8, 4) is 34.2 Å². The van der Waals surface area contributed by atoms with E-state index in [4.69, 9.17) is 26.6 Å². The van der Waals surface area contributed by atoms with Gasteiger partial charge in [-0.05, 0) is 35.0 Å². The number of benzene rings is 4. The van der Waals surface area contributed by atoms with Gasteiger partial charge in [0.05, 0.1) is 0 Å². The minimum Gasteiger partial charge on any atom is -0.208 e. The van der Waals surface area contributed by atoms with Crippen LogP contribution in [0, 0.1) is 0 Å². The van der Waals surface area contributed by atoms with Crippen LogP contribution in [-0.2, 0) is 0 Å².